The zero-order chi connectivity index (χ0) is 24.1. The van der Waals surface area contributed by atoms with Gasteiger partial charge in [-0.1, -0.05) is 46.6 Å². The summed E-state index contributed by atoms with van der Waals surface area (Å²) in [7, 11) is 3.27. The molecule has 3 aromatic rings. The Morgan fingerprint density at radius 1 is 1.12 bits per heavy atom. The summed E-state index contributed by atoms with van der Waals surface area (Å²) in [4.78, 5) is 25.0. The van der Waals surface area contributed by atoms with Crippen molar-refractivity contribution in [3.8, 4) is 5.75 Å². The van der Waals surface area contributed by atoms with Gasteiger partial charge in [0.05, 0.1) is 35.2 Å². The van der Waals surface area contributed by atoms with Crippen LogP contribution in [-0.4, -0.2) is 39.4 Å². The van der Waals surface area contributed by atoms with Crippen LogP contribution in [0.3, 0.4) is 0 Å². The molecule has 0 aliphatic carbocycles. The minimum atomic E-state index is -0.458. The van der Waals surface area contributed by atoms with E-state index in [1.807, 2.05) is 0 Å². The third-order valence-corrected chi connectivity index (χ3v) is 6.35. The number of hydrogen-bond acceptors (Lipinski definition) is 6. The highest BCUT2D eigenvalue weighted by molar-refractivity contribution is 7.99. The molecule has 0 unspecified atom stereocenters. The molecule has 0 fully saturated rings. The highest BCUT2D eigenvalue weighted by Gasteiger charge is 2.20. The lowest BCUT2D eigenvalue weighted by molar-refractivity contribution is -0.113. The number of nitrogens with zero attached hydrogens (tertiary/aromatic N) is 3. The number of nitrogens with one attached hydrogen (secondary N) is 2. The van der Waals surface area contributed by atoms with Crippen molar-refractivity contribution in [2.24, 2.45) is 7.05 Å². The van der Waals surface area contributed by atoms with Crippen molar-refractivity contribution >= 4 is 64.1 Å². The summed E-state index contributed by atoms with van der Waals surface area (Å²) in [6, 6.07) is 9.15. The van der Waals surface area contributed by atoms with Crippen molar-refractivity contribution in [1.82, 2.24) is 20.1 Å². The molecule has 0 spiro atoms. The second-order valence-electron chi connectivity index (χ2n) is 6.90. The molecular formula is C21H20Cl3N5O3S. The van der Waals surface area contributed by atoms with E-state index in [9.17, 15) is 9.59 Å². The molecule has 1 aromatic heterocycles. The Labute approximate surface area is 209 Å². The van der Waals surface area contributed by atoms with E-state index in [0.29, 0.717) is 38.0 Å². The third kappa shape index (κ3) is 6.32. The van der Waals surface area contributed by atoms with Crippen LogP contribution in [0.4, 0.5) is 5.69 Å². The number of aromatic nitrogens is 3. The van der Waals surface area contributed by atoms with Crippen molar-refractivity contribution in [3.05, 3.63) is 62.9 Å². The predicted molar refractivity (Wildman–Crippen MR) is 131 cm³/mol. The lowest BCUT2D eigenvalue weighted by atomic mass is 10.2. The van der Waals surface area contributed by atoms with Gasteiger partial charge in [0.25, 0.3) is 5.91 Å². The van der Waals surface area contributed by atoms with Gasteiger partial charge in [0, 0.05) is 17.1 Å². The molecule has 2 amide bonds. The number of ether oxygens (including phenoxy) is 1. The molecule has 2 aromatic carbocycles. The second kappa shape index (κ2) is 11.1. The minimum Gasteiger partial charge on any atom is -0.495 e. The second-order valence-corrected chi connectivity index (χ2v) is 9.12. The maximum atomic E-state index is 12.6. The molecule has 3 rings (SSSR count). The van der Waals surface area contributed by atoms with Gasteiger partial charge in [0.15, 0.2) is 11.0 Å². The number of halogens is 3. The molecule has 0 saturated carbocycles. The van der Waals surface area contributed by atoms with E-state index >= 15 is 0 Å². The van der Waals surface area contributed by atoms with Crippen molar-refractivity contribution < 1.29 is 14.3 Å². The summed E-state index contributed by atoms with van der Waals surface area (Å²) < 4.78 is 6.95. The van der Waals surface area contributed by atoms with Crippen LogP contribution in [0.15, 0.2) is 41.6 Å². The van der Waals surface area contributed by atoms with E-state index in [2.05, 4.69) is 20.8 Å². The van der Waals surface area contributed by atoms with Crippen LogP contribution in [0.25, 0.3) is 0 Å². The highest BCUT2D eigenvalue weighted by Crippen LogP contribution is 2.28. The molecular weight excluding hydrogens is 509 g/mol. The molecule has 0 saturated heterocycles. The normalized spacial score (nSPS) is 11.7. The molecule has 174 valence electrons. The summed E-state index contributed by atoms with van der Waals surface area (Å²) in [5.74, 6) is 0.486. The monoisotopic (exact) mass is 527 g/mol. The lowest BCUT2D eigenvalue weighted by Crippen LogP contribution is -2.28. The fourth-order valence-corrected chi connectivity index (χ4v) is 4.32. The first-order valence-corrected chi connectivity index (χ1v) is 11.7. The van der Waals surface area contributed by atoms with Crippen LogP contribution in [0.2, 0.25) is 15.1 Å². The summed E-state index contributed by atoms with van der Waals surface area (Å²) >= 11 is 19.2. The van der Waals surface area contributed by atoms with Gasteiger partial charge in [-0.2, -0.15) is 0 Å². The molecule has 33 heavy (non-hydrogen) atoms. The first-order chi connectivity index (χ1) is 15.7. The van der Waals surface area contributed by atoms with E-state index in [4.69, 9.17) is 39.5 Å². The van der Waals surface area contributed by atoms with Gasteiger partial charge in [0.1, 0.15) is 5.75 Å². The Morgan fingerprint density at radius 2 is 1.82 bits per heavy atom. The number of carbonyl (C=O) groups excluding carboxylic acids is 2. The smallest absolute Gasteiger partial charge is 0.253 e. The number of carbonyl (C=O) groups is 2. The summed E-state index contributed by atoms with van der Waals surface area (Å²) in [5.41, 5.74) is 0.782. The number of methoxy groups -OCH3 is 1. The van der Waals surface area contributed by atoms with E-state index in [-0.39, 0.29) is 22.6 Å². The van der Waals surface area contributed by atoms with Crippen molar-refractivity contribution in [3.63, 3.8) is 0 Å². The van der Waals surface area contributed by atoms with Gasteiger partial charge in [-0.25, -0.2) is 0 Å². The molecule has 0 aliphatic rings. The molecule has 1 heterocycles. The molecule has 2 N–H and O–H groups in total. The van der Waals surface area contributed by atoms with Gasteiger partial charge in [-0.15, -0.1) is 10.2 Å². The first-order valence-electron chi connectivity index (χ1n) is 9.61. The average molecular weight is 529 g/mol. The van der Waals surface area contributed by atoms with Crippen LogP contribution in [-0.2, 0) is 11.8 Å². The summed E-state index contributed by atoms with van der Waals surface area (Å²) in [6.07, 6.45) is 0. The lowest BCUT2D eigenvalue weighted by Gasteiger charge is -2.14. The molecule has 1 atom stereocenters. The van der Waals surface area contributed by atoms with Gasteiger partial charge in [-0.3, -0.25) is 9.59 Å². The zero-order valence-corrected chi connectivity index (χ0v) is 20.9. The Hall–Kier alpha value is -2.46. The van der Waals surface area contributed by atoms with Crippen LogP contribution >= 0.6 is 46.6 Å². The third-order valence-electron chi connectivity index (χ3n) is 4.55. The Kier molecular flexibility index (Phi) is 8.47. The number of amides is 2. The Balaban J connectivity index is 1.61. The first kappa shape index (κ1) is 25.2. The number of anilines is 1. The molecule has 0 aliphatic heterocycles. The fourth-order valence-electron chi connectivity index (χ4n) is 2.94. The SMILES string of the molecule is COc1ccc(Cl)cc1NC(=O)CSc1nnc([C@H](C)NC(=O)c2ccc(Cl)cc2Cl)n1C. The largest absolute Gasteiger partial charge is 0.495 e. The number of rotatable bonds is 8. The number of hydrogen-bond donors (Lipinski definition) is 2. The van der Waals surface area contributed by atoms with Crippen molar-refractivity contribution in [2.75, 3.05) is 18.2 Å². The maximum absolute atomic E-state index is 12.6. The topological polar surface area (TPSA) is 98.1 Å². The van der Waals surface area contributed by atoms with Crippen LogP contribution in [0.1, 0.15) is 29.1 Å². The molecule has 8 nitrogen and oxygen atoms in total. The van der Waals surface area contributed by atoms with E-state index < -0.39 is 6.04 Å². The van der Waals surface area contributed by atoms with Gasteiger partial charge in [-0.05, 0) is 43.3 Å². The van der Waals surface area contributed by atoms with E-state index in [1.165, 1.54) is 24.9 Å². The van der Waals surface area contributed by atoms with Crippen LogP contribution in [0, 0.1) is 0 Å². The average Bonchev–Trinajstić information content (AvgIpc) is 3.12. The van der Waals surface area contributed by atoms with Crippen molar-refractivity contribution in [2.45, 2.75) is 18.1 Å². The number of thioether (sulfide) groups is 1. The Morgan fingerprint density at radius 3 is 2.52 bits per heavy atom. The minimum absolute atomic E-state index is 0.0861. The maximum Gasteiger partial charge on any atom is 0.253 e. The van der Waals surface area contributed by atoms with Crippen molar-refractivity contribution in [1.29, 1.82) is 0 Å². The van der Waals surface area contributed by atoms with Crippen LogP contribution < -0.4 is 15.4 Å². The van der Waals surface area contributed by atoms with E-state index in [1.54, 1.807) is 48.9 Å². The van der Waals surface area contributed by atoms with Gasteiger partial charge in [0.2, 0.25) is 5.91 Å². The zero-order valence-electron chi connectivity index (χ0n) is 17.9. The van der Waals surface area contributed by atoms with Crippen LogP contribution in [0.5, 0.6) is 5.75 Å². The predicted octanol–water partition coefficient (Wildman–Crippen LogP) is 5.01. The van der Waals surface area contributed by atoms with Gasteiger partial charge >= 0.3 is 0 Å². The Bertz CT molecular complexity index is 1190. The fraction of sp³-hybridized carbons (Fsp3) is 0.238. The summed E-state index contributed by atoms with van der Waals surface area (Å²) in [6.45, 7) is 1.78. The molecule has 0 bridgehead atoms. The van der Waals surface area contributed by atoms with Gasteiger partial charge < -0.3 is 19.9 Å². The molecule has 12 heteroatoms. The standard InChI is InChI=1S/C21H20Cl3N5O3S/c1-11(25-20(31)14-6-4-12(22)8-15(14)24)19-27-28-21(29(19)2)33-10-18(30)26-16-9-13(23)5-7-17(16)32-3/h4-9,11H,10H2,1-3H3,(H,25,31)(H,26,30)/t11-/m0/s1. The summed E-state index contributed by atoms with van der Waals surface area (Å²) in [5, 5.41) is 15.6. The highest BCUT2D eigenvalue weighted by atomic mass is 35.5. The number of benzene rings is 2. The van der Waals surface area contributed by atoms with E-state index in [0.717, 1.165) is 0 Å². The molecule has 0 radical (unpaired) electrons. The quantitative estimate of drug-likeness (QED) is 0.399.